The van der Waals surface area contributed by atoms with E-state index >= 15 is 0 Å². The number of amides is 1. The Morgan fingerprint density at radius 3 is 2.38 bits per heavy atom. The summed E-state index contributed by atoms with van der Waals surface area (Å²) in [4.78, 5) is 11.9. The van der Waals surface area contributed by atoms with Crippen LogP contribution in [0, 0.1) is 10.5 Å². The zero-order chi connectivity index (χ0) is 20.5. The molecule has 0 unspecified atom stereocenters. The van der Waals surface area contributed by atoms with Gasteiger partial charge in [-0.15, -0.1) is 0 Å². The van der Waals surface area contributed by atoms with Crippen molar-refractivity contribution in [1.29, 1.82) is 0 Å². The summed E-state index contributed by atoms with van der Waals surface area (Å²) < 4.78 is 6.93. The number of aryl methyl sites for hydroxylation is 1. The quantitative estimate of drug-likeness (QED) is 0.268. The van der Waals surface area contributed by atoms with E-state index in [-0.39, 0.29) is 12.5 Å². The van der Waals surface area contributed by atoms with Crippen LogP contribution < -0.4 is 15.5 Å². The number of anilines is 1. The predicted octanol–water partition coefficient (Wildman–Crippen LogP) is 4.74. The van der Waals surface area contributed by atoms with Crippen molar-refractivity contribution in [3.8, 4) is 5.75 Å². The molecule has 5 nitrogen and oxygen atoms in total. The average molecular weight is 499 g/mol. The molecule has 0 atom stereocenters. The topological polar surface area (TPSA) is 62.7 Å². The number of rotatable bonds is 8. The van der Waals surface area contributed by atoms with E-state index in [1.807, 2.05) is 48.5 Å². The molecule has 0 saturated carbocycles. The Hall–Kier alpha value is -2.87. The van der Waals surface area contributed by atoms with Crippen LogP contribution in [0.2, 0.25) is 0 Å². The standard InChI is InChI=1S/C23H22IN3O2/c1-17-2-4-19(5-3-17)16-29-22-12-6-18(7-13-22)14-26-27-23(28)15-25-21-10-8-20(24)9-11-21/h2-14,25H,15-16H2,1H3,(H,27,28)/b26-14-. The van der Waals surface area contributed by atoms with Crippen molar-refractivity contribution in [2.45, 2.75) is 13.5 Å². The number of carbonyl (C=O) groups is 1. The Bertz CT molecular complexity index is 953. The van der Waals surface area contributed by atoms with Gasteiger partial charge in [0.15, 0.2) is 0 Å². The number of halogens is 1. The first kappa shape index (κ1) is 20.9. The molecule has 29 heavy (non-hydrogen) atoms. The molecule has 0 saturated heterocycles. The van der Waals surface area contributed by atoms with Gasteiger partial charge in [-0.25, -0.2) is 5.43 Å². The highest BCUT2D eigenvalue weighted by Gasteiger charge is 2.00. The molecule has 148 valence electrons. The third-order valence-electron chi connectivity index (χ3n) is 4.11. The number of hydrogen-bond acceptors (Lipinski definition) is 4. The van der Waals surface area contributed by atoms with Gasteiger partial charge in [-0.1, -0.05) is 29.8 Å². The fourth-order valence-electron chi connectivity index (χ4n) is 2.47. The summed E-state index contributed by atoms with van der Waals surface area (Å²) in [5.74, 6) is 0.575. The second-order valence-electron chi connectivity index (χ2n) is 6.50. The molecule has 3 rings (SSSR count). The Morgan fingerprint density at radius 1 is 1.00 bits per heavy atom. The van der Waals surface area contributed by atoms with E-state index in [4.69, 9.17) is 4.74 Å². The molecule has 3 aromatic carbocycles. The Kier molecular flexibility index (Phi) is 7.63. The minimum absolute atomic E-state index is 0.156. The lowest BCUT2D eigenvalue weighted by Gasteiger charge is -2.07. The highest BCUT2D eigenvalue weighted by Crippen LogP contribution is 2.14. The lowest BCUT2D eigenvalue weighted by Crippen LogP contribution is -2.25. The first-order chi connectivity index (χ1) is 14.1. The van der Waals surface area contributed by atoms with E-state index in [0.717, 1.165) is 26.1 Å². The molecule has 3 aromatic rings. The number of nitrogens with zero attached hydrogens (tertiary/aromatic N) is 1. The van der Waals surface area contributed by atoms with Crippen molar-refractivity contribution < 1.29 is 9.53 Å². The minimum Gasteiger partial charge on any atom is -0.489 e. The van der Waals surface area contributed by atoms with Crippen molar-refractivity contribution in [2.75, 3.05) is 11.9 Å². The molecule has 2 N–H and O–H groups in total. The number of ether oxygens (including phenoxy) is 1. The highest BCUT2D eigenvalue weighted by molar-refractivity contribution is 14.1. The number of carbonyl (C=O) groups excluding carboxylic acids is 1. The van der Waals surface area contributed by atoms with E-state index in [0.29, 0.717) is 6.61 Å². The van der Waals surface area contributed by atoms with Crippen LogP contribution in [-0.4, -0.2) is 18.7 Å². The molecule has 0 aromatic heterocycles. The number of hydrogen-bond donors (Lipinski definition) is 2. The smallest absolute Gasteiger partial charge is 0.259 e. The maximum Gasteiger partial charge on any atom is 0.259 e. The summed E-state index contributed by atoms with van der Waals surface area (Å²) in [7, 11) is 0. The molecule has 1 amide bonds. The summed E-state index contributed by atoms with van der Waals surface area (Å²) in [5.41, 5.74) is 6.64. The van der Waals surface area contributed by atoms with Crippen LogP contribution >= 0.6 is 22.6 Å². The fourth-order valence-corrected chi connectivity index (χ4v) is 2.83. The van der Waals surface area contributed by atoms with Crippen LogP contribution in [0.4, 0.5) is 5.69 Å². The van der Waals surface area contributed by atoms with Crippen molar-refractivity contribution in [3.63, 3.8) is 0 Å². The van der Waals surface area contributed by atoms with Gasteiger partial charge in [0.1, 0.15) is 12.4 Å². The molecule has 0 bridgehead atoms. The average Bonchev–Trinajstić information content (AvgIpc) is 2.74. The van der Waals surface area contributed by atoms with Crippen molar-refractivity contribution in [1.82, 2.24) is 5.43 Å². The molecular weight excluding hydrogens is 477 g/mol. The fraction of sp³-hybridized carbons (Fsp3) is 0.130. The molecule has 0 heterocycles. The molecule has 0 aliphatic rings. The normalized spacial score (nSPS) is 10.7. The lowest BCUT2D eigenvalue weighted by atomic mass is 10.2. The highest BCUT2D eigenvalue weighted by atomic mass is 127. The van der Waals surface area contributed by atoms with Crippen molar-refractivity contribution in [2.24, 2.45) is 5.10 Å². The predicted molar refractivity (Wildman–Crippen MR) is 125 cm³/mol. The molecule has 0 spiro atoms. The van der Waals surface area contributed by atoms with Gasteiger partial charge in [0.05, 0.1) is 12.8 Å². The van der Waals surface area contributed by atoms with E-state index in [1.165, 1.54) is 5.56 Å². The van der Waals surface area contributed by atoms with E-state index in [9.17, 15) is 4.79 Å². The van der Waals surface area contributed by atoms with Crippen molar-refractivity contribution >= 4 is 40.4 Å². The molecule has 0 fully saturated rings. The maximum atomic E-state index is 11.9. The van der Waals surface area contributed by atoms with E-state index < -0.39 is 0 Å². The van der Waals surface area contributed by atoms with Crippen molar-refractivity contribution in [3.05, 3.63) is 93.1 Å². The van der Waals surface area contributed by atoms with Crippen LogP contribution in [-0.2, 0) is 11.4 Å². The summed E-state index contributed by atoms with van der Waals surface area (Å²) >= 11 is 2.24. The van der Waals surface area contributed by atoms with Gasteiger partial charge in [0.2, 0.25) is 0 Å². The van der Waals surface area contributed by atoms with E-state index in [2.05, 4.69) is 69.6 Å². The Morgan fingerprint density at radius 2 is 1.69 bits per heavy atom. The van der Waals surface area contributed by atoms with E-state index in [1.54, 1.807) is 6.21 Å². The summed E-state index contributed by atoms with van der Waals surface area (Å²) in [6.07, 6.45) is 1.60. The lowest BCUT2D eigenvalue weighted by molar-refractivity contribution is -0.119. The molecule has 0 aliphatic heterocycles. The van der Waals surface area contributed by atoms with Crippen LogP contribution in [0.1, 0.15) is 16.7 Å². The Labute approximate surface area is 184 Å². The zero-order valence-electron chi connectivity index (χ0n) is 16.1. The van der Waals surface area contributed by atoms with Gasteiger partial charge in [-0.05, 0) is 89.2 Å². The first-order valence-electron chi connectivity index (χ1n) is 9.18. The second-order valence-corrected chi connectivity index (χ2v) is 7.74. The Balaban J connectivity index is 1.41. The zero-order valence-corrected chi connectivity index (χ0v) is 18.2. The number of benzene rings is 3. The third kappa shape index (κ3) is 7.23. The van der Waals surface area contributed by atoms with Gasteiger partial charge < -0.3 is 10.1 Å². The van der Waals surface area contributed by atoms with Crippen LogP contribution in [0.3, 0.4) is 0 Å². The van der Waals surface area contributed by atoms with Gasteiger partial charge in [0.25, 0.3) is 5.91 Å². The molecule has 0 aliphatic carbocycles. The molecule has 0 radical (unpaired) electrons. The van der Waals surface area contributed by atoms with Crippen LogP contribution in [0.5, 0.6) is 5.75 Å². The van der Waals surface area contributed by atoms with Crippen LogP contribution in [0.15, 0.2) is 77.9 Å². The SMILES string of the molecule is Cc1ccc(COc2ccc(/C=N\NC(=O)CNc3ccc(I)cc3)cc2)cc1. The summed E-state index contributed by atoms with van der Waals surface area (Å²) in [6, 6.07) is 23.6. The number of nitrogens with one attached hydrogen (secondary N) is 2. The maximum absolute atomic E-state index is 11.9. The van der Waals surface area contributed by atoms with Gasteiger partial charge in [-0.2, -0.15) is 5.10 Å². The van der Waals surface area contributed by atoms with Gasteiger partial charge in [-0.3, -0.25) is 4.79 Å². The van der Waals surface area contributed by atoms with Crippen LogP contribution in [0.25, 0.3) is 0 Å². The second kappa shape index (κ2) is 10.6. The largest absolute Gasteiger partial charge is 0.489 e. The molecular formula is C23H22IN3O2. The van der Waals surface area contributed by atoms with Gasteiger partial charge >= 0.3 is 0 Å². The van der Waals surface area contributed by atoms with Gasteiger partial charge in [0, 0.05) is 9.26 Å². The third-order valence-corrected chi connectivity index (χ3v) is 4.83. The molecule has 6 heteroatoms. The summed E-state index contributed by atoms with van der Waals surface area (Å²) in [6.45, 7) is 2.74. The minimum atomic E-state index is -0.210. The number of hydrazone groups is 1. The first-order valence-corrected chi connectivity index (χ1v) is 10.3. The monoisotopic (exact) mass is 499 g/mol. The summed E-state index contributed by atoms with van der Waals surface area (Å²) in [5, 5.41) is 7.05.